The number of carbonyl (C=O) groups excluding carboxylic acids is 1. The fourth-order valence-corrected chi connectivity index (χ4v) is 3.73. The predicted octanol–water partition coefficient (Wildman–Crippen LogP) is 4.32. The van der Waals surface area contributed by atoms with Gasteiger partial charge in [0.05, 0.1) is 0 Å². The van der Waals surface area contributed by atoms with Crippen LogP contribution < -0.4 is 9.64 Å². The number of carbonyl (C=O) groups is 1. The van der Waals surface area contributed by atoms with Crippen LogP contribution in [0.4, 0.5) is 10.2 Å². The van der Waals surface area contributed by atoms with E-state index in [2.05, 4.69) is 21.8 Å². The van der Waals surface area contributed by atoms with Crippen LogP contribution >= 0.6 is 0 Å². The van der Waals surface area contributed by atoms with E-state index in [0.717, 1.165) is 6.42 Å². The number of aromatic nitrogens is 2. The average Bonchev–Trinajstić information content (AvgIpc) is 2.79. The van der Waals surface area contributed by atoms with E-state index < -0.39 is 0 Å². The molecule has 1 unspecified atom stereocenters. The van der Waals surface area contributed by atoms with E-state index in [4.69, 9.17) is 4.74 Å². The third-order valence-electron chi connectivity index (χ3n) is 5.47. The lowest BCUT2D eigenvalue weighted by Gasteiger charge is -2.40. The minimum atomic E-state index is -0.370. The molecule has 2 heterocycles. The highest BCUT2D eigenvalue weighted by atomic mass is 19.1. The smallest absolute Gasteiger partial charge is 0.254 e. The van der Waals surface area contributed by atoms with Gasteiger partial charge in [-0.15, -0.1) is 0 Å². The first kappa shape index (κ1) is 20.8. The first-order valence-electron chi connectivity index (χ1n) is 10.4. The molecule has 1 aliphatic rings. The molecule has 1 atom stereocenters. The van der Waals surface area contributed by atoms with E-state index in [1.54, 1.807) is 18.2 Å². The van der Waals surface area contributed by atoms with Crippen LogP contribution in [0.15, 0.2) is 60.9 Å². The van der Waals surface area contributed by atoms with Crippen molar-refractivity contribution in [3.8, 4) is 11.6 Å². The van der Waals surface area contributed by atoms with Gasteiger partial charge in [-0.25, -0.2) is 14.4 Å². The average molecular weight is 420 g/mol. The van der Waals surface area contributed by atoms with E-state index >= 15 is 0 Å². The van der Waals surface area contributed by atoms with Crippen LogP contribution in [0.5, 0.6) is 11.6 Å². The molecular weight excluding hydrogens is 395 g/mol. The van der Waals surface area contributed by atoms with Crippen LogP contribution in [0.25, 0.3) is 0 Å². The number of piperazine rings is 1. The molecule has 0 aliphatic carbocycles. The number of amides is 1. The molecule has 0 saturated carbocycles. The molecule has 1 aliphatic heterocycles. The summed E-state index contributed by atoms with van der Waals surface area (Å²) in [6.45, 7) is 6.03. The zero-order valence-electron chi connectivity index (χ0n) is 17.7. The summed E-state index contributed by atoms with van der Waals surface area (Å²) in [6.07, 6.45) is 2.38. The highest BCUT2D eigenvalue weighted by Crippen LogP contribution is 2.25. The highest BCUT2D eigenvalue weighted by Gasteiger charge is 2.29. The van der Waals surface area contributed by atoms with Gasteiger partial charge in [0, 0.05) is 43.4 Å². The maximum atomic E-state index is 13.4. The molecule has 3 aromatic rings. The van der Waals surface area contributed by atoms with Gasteiger partial charge in [0.2, 0.25) is 5.88 Å². The van der Waals surface area contributed by atoms with Crippen molar-refractivity contribution in [2.24, 2.45) is 0 Å². The molecule has 1 saturated heterocycles. The monoisotopic (exact) mass is 420 g/mol. The summed E-state index contributed by atoms with van der Waals surface area (Å²) in [7, 11) is 0. The van der Waals surface area contributed by atoms with E-state index in [0.29, 0.717) is 42.6 Å². The fraction of sp³-hybridized carbons (Fsp3) is 0.292. The number of hydrogen-bond acceptors (Lipinski definition) is 5. The molecular formula is C24H25FN4O2. The second kappa shape index (κ2) is 9.12. The van der Waals surface area contributed by atoms with E-state index in [1.807, 2.05) is 36.1 Å². The zero-order chi connectivity index (χ0) is 21.8. The maximum absolute atomic E-state index is 13.4. The fourth-order valence-electron chi connectivity index (χ4n) is 3.73. The maximum Gasteiger partial charge on any atom is 0.254 e. The Morgan fingerprint density at radius 1 is 1.13 bits per heavy atom. The van der Waals surface area contributed by atoms with Gasteiger partial charge in [-0.05, 0) is 43.2 Å². The summed E-state index contributed by atoms with van der Waals surface area (Å²) in [5.74, 6) is 1.12. The minimum Gasteiger partial charge on any atom is -0.439 e. The molecule has 1 aromatic heterocycles. The lowest BCUT2D eigenvalue weighted by molar-refractivity contribution is 0.0673. The van der Waals surface area contributed by atoms with Gasteiger partial charge < -0.3 is 14.5 Å². The number of benzene rings is 2. The predicted molar refractivity (Wildman–Crippen MR) is 117 cm³/mol. The van der Waals surface area contributed by atoms with Gasteiger partial charge in [-0.3, -0.25) is 4.79 Å². The summed E-state index contributed by atoms with van der Waals surface area (Å²) in [5.41, 5.74) is 1.93. The van der Waals surface area contributed by atoms with Gasteiger partial charge in [-0.1, -0.05) is 25.1 Å². The Morgan fingerprint density at radius 2 is 1.94 bits per heavy atom. The summed E-state index contributed by atoms with van der Waals surface area (Å²) in [4.78, 5) is 25.5. The van der Waals surface area contributed by atoms with Crippen LogP contribution in [-0.4, -0.2) is 46.5 Å². The topological polar surface area (TPSA) is 58.6 Å². The van der Waals surface area contributed by atoms with Gasteiger partial charge in [0.15, 0.2) is 0 Å². The normalized spacial score (nSPS) is 16.3. The van der Waals surface area contributed by atoms with Crippen molar-refractivity contribution in [1.29, 1.82) is 0 Å². The molecule has 0 bridgehead atoms. The Morgan fingerprint density at radius 3 is 2.65 bits per heavy atom. The SMILES string of the molecule is CCc1ccc(C(=O)N2CCN(c3cc(Oc4cccc(F)c4)ncn3)CC2C)cc1. The quantitative estimate of drug-likeness (QED) is 0.615. The van der Waals surface area contributed by atoms with Crippen molar-refractivity contribution in [1.82, 2.24) is 14.9 Å². The van der Waals surface area contributed by atoms with Gasteiger partial charge in [0.1, 0.15) is 23.7 Å². The molecule has 31 heavy (non-hydrogen) atoms. The largest absolute Gasteiger partial charge is 0.439 e. The molecule has 6 nitrogen and oxygen atoms in total. The zero-order valence-corrected chi connectivity index (χ0v) is 17.7. The Labute approximate surface area is 181 Å². The van der Waals surface area contributed by atoms with Crippen LogP contribution in [0.1, 0.15) is 29.8 Å². The summed E-state index contributed by atoms with van der Waals surface area (Å²) < 4.78 is 19.1. The second-order valence-corrected chi connectivity index (χ2v) is 7.62. The molecule has 1 amide bonds. The molecule has 4 rings (SSSR count). The minimum absolute atomic E-state index is 0.0228. The van der Waals surface area contributed by atoms with E-state index in [1.165, 1.54) is 24.0 Å². The summed E-state index contributed by atoms with van der Waals surface area (Å²) in [6, 6.07) is 15.5. The Bertz CT molecular complexity index is 1060. The van der Waals surface area contributed by atoms with Crippen molar-refractivity contribution in [2.75, 3.05) is 24.5 Å². The number of nitrogens with zero attached hydrogens (tertiary/aromatic N) is 4. The lowest BCUT2D eigenvalue weighted by Crippen LogP contribution is -2.54. The number of anilines is 1. The number of hydrogen-bond donors (Lipinski definition) is 0. The first-order chi connectivity index (χ1) is 15.0. The number of aryl methyl sites for hydroxylation is 1. The molecule has 0 radical (unpaired) electrons. The molecule has 160 valence electrons. The number of halogens is 1. The van der Waals surface area contributed by atoms with Crippen LogP contribution in [-0.2, 0) is 6.42 Å². The van der Waals surface area contributed by atoms with Crippen molar-refractivity contribution in [3.05, 3.63) is 77.9 Å². The Hall–Kier alpha value is -3.48. The van der Waals surface area contributed by atoms with Crippen molar-refractivity contribution >= 4 is 11.7 Å². The van der Waals surface area contributed by atoms with E-state index in [-0.39, 0.29) is 17.8 Å². The summed E-state index contributed by atoms with van der Waals surface area (Å²) in [5, 5.41) is 0. The highest BCUT2D eigenvalue weighted by molar-refractivity contribution is 5.94. The van der Waals surface area contributed by atoms with E-state index in [9.17, 15) is 9.18 Å². The third kappa shape index (κ3) is 4.82. The molecule has 0 spiro atoms. The number of ether oxygens (including phenoxy) is 1. The second-order valence-electron chi connectivity index (χ2n) is 7.62. The molecule has 1 fully saturated rings. The molecule has 2 aromatic carbocycles. The van der Waals surface area contributed by atoms with Crippen LogP contribution in [0.3, 0.4) is 0 Å². The van der Waals surface area contributed by atoms with Crippen molar-refractivity contribution in [3.63, 3.8) is 0 Å². The first-order valence-corrected chi connectivity index (χ1v) is 10.4. The van der Waals surface area contributed by atoms with Crippen LogP contribution in [0, 0.1) is 5.82 Å². The van der Waals surface area contributed by atoms with Gasteiger partial charge in [0.25, 0.3) is 5.91 Å². The lowest BCUT2D eigenvalue weighted by atomic mass is 10.1. The number of rotatable bonds is 5. The summed E-state index contributed by atoms with van der Waals surface area (Å²) >= 11 is 0. The third-order valence-corrected chi connectivity index (χ3v) is 5.47. The molecule has 7 heteroatoms. The van der Waals surface area contributed by atoms with Crippen LogP contribution in [0.2, 0.25) is 0 Å². The molecule has 0 N–H and O–H groups in total. The standard InChI is InChI=1S/C24H25FN4O2/c1-3-18-7-9-19(10-8-18)24(30)29-12-11-28(15-17(29)2)22-14-23(27-16-26-22)31-21-6-4-5-20(25)13-21/h4-10,13-14,16-17H,3,11-12,15H2,1-2H3. The van der Waals surface area contributed by atoms with Gasteiger partial charge >= 0.3 is 0 Å². The van der Waals surface area contributed by atoms with Crippen molar-refractivity contribution < 1.29 is 13.9 Å². The Balaban J connectivity index is 1.43. The van der Waals surface area contributed by atoms with Gasteiger partial charge in [-0.2, -0.15) is 0 Å². The van der Waals surface area contributed by atoms with Crippen molar-refractivity contribution in [2.45, 2.75) is 26.3 Å². The Kier molecular flexibility index (Phi) is 6.11.